The zero-order valence-electron chi connectivity index (χ0n) is 12.3. The number of nitro groups is 1. The second-order valence-corrected chi connectivity index (χ2v) is 5.44. The Labute approximate surface area is 142 Å². The third-order valence-electron chi connectivity index (χ3n) is 3.30. The van der Waals surface area contributed by atoms with E-state index in [0.29, 0.717) is 10.6 Å². The Morgan fingerprint density at radius 2 is 1.71 bits per heavy atom. The van der Waals surface area contributed by atoms with Crippen molar-refractivity contribution in [3.05, 3.63) is 74.8 Å². The molecule has 0 aromatic heterocycles. The molecule has 1 atom stereocenters. The van der Waals surface area contributed by atoms with E-state index in [-0.39, 0.29) is 17.7 Å². The van der Waals surface area contributed by atoms with E-state index in [2.05, 4.69) is 5.32 Å². The number of nitro benzene ring substituents is 1. The minimum atomic E-state index is -1.20. The van der Waals surface area contributed by atoms with Gasteiger partial charge in [0.05, 0.1) is 4.92 Å². The number of carboxylic acids is 1. The van der Waals surface area contributed by atoms with Gasteiger partial charge in [-0.05, 0) is 29.8 Å². The number of benzene rings is 2. The molecular weight excluding hydrogens is 336 g/mol. The molecule has 0 aliphatic heterocycles. The van der Waals surface area contributed by atoms with Crippen LogP contribution in [0.1, 0.15) is 15.9 Å². The molecule has 2 N–H and O–H groups in total. The first kappa shape index (κ1) is 17.4. The monoisotopic (exact) mass is 348 g/mol. The lowest BCUT2D eigenvalue weighted by Gasteiger charge is -2.14. The number of halogens is 1. The SMILES string of the molecule is O=C(N[C@@H](Cc1ccc([N+](=O)[O-])cc1)C(=O)O)c1ccc(Cl)cc1. The standard InChI is InChI=1S/C16H13ClN2O5/c17-12-5-3-11(4-6-12)15(20)18-14(16(21)22)9-10-1-7-13(8-2-10)19(23)24/h1-8,14H,9H2,(H,18,20)(H,21,22)/t14-/m0/s1. The Bertz CT molecular complexity index is 759. The minimum absolute atomic E-state index is 0.00660. The molecule has 0 spiro atoms. The largest absolute Gasteiger partial charge is 0.480 e. The topological polar surface area (TPSA) is 110 Å². The van der Waals surface area contributed by atoms with Gasteiger partial charge in [-0.3, -0.25) is 14.9 Å². The van der Waals surface area contributed by atoms with Gasteiger partial charge in [-0.25, -0.2) is 4.79 Å². The smallest absolute Gasteiger partial charge is 0.326 e. The van der Waals surface area contributed by atoms with Crippen LogP contribution in [0, 0.1) is 10.1 Å². The number of carboxylic acid groups (broad SMARTS) is 1. The molecule has 0 radical (unpaired) electrons. The summed E-state index contributed by atoms with van der Waals surface area (Å²) in [4.78, 5) is 33.5. The highest BCUT2D eigenvalue weighted by atomic mass is 35.5. The van der Waals surface area contributed by atoms with Crippen LogP contribution in [0.5, 0.6) is 0 Å². The Morgan fingerprint density at radius 3 is 2.21 bits per heavy atom. The van der Waals surface area contributed by atoms with Crippen molar-refractivity contribution in [1.29, 1.82) is 0 Å². The summed E-state index contributed by atoms with van der Waals surface area (Å²) in [5, 5.41) is 22.8. The van der Waals surface area contributed by atoms with E-state index in [1.165, 1.54) is 48.5 Å². The summed E-state index contributed by atoms with van der Waals surface area (Å²) in [5.41, 5.74) is 0.759. The Hall–Kier alpha value is -2.93. The van der Waals surface area contributed by atoms with Gasteiger partial charge in [0.1, 0.15) is 6.04 Å². The van der Waals surface area contributed by atoms with Crippen molar-refractivity contribution in [2.45, 2.75) is 12.5 Å². The van der Waals surface area contributed by atoms with Crippen molar-refractivity contribution >= 4 is 29.2 Å². The number of nitrogens with zero attached hydrogens (tertiary/aromatic N) is 1. The van der Waals surface area contributed by atoms with Crippen molar-refractivity contribution in [2.24, 2.45) is 0 Å². The summed E-state index contributed by atoms with van der Waals surface area (Å²) < 4.78 is 0. The molecule has 124 valence electrons. The van der Waals surface area contributed by atoms with Crippen LogP contribution in [0.3, 0.4) is 0 Å². The van der Waals surface area contributed by atoms with E-state index in [0.717, 1.165) is 0 Å². The average molecular weight is 349 g/mol. The van der Waals surface area contributed by atoms with Crippen LogP contribution in [0.25, 0.3) is 0 Å². The zero-order valence-corrected chi connectivity index (χ0v) is 13.1. The summed E-state index contributed by atoms with van der Waals surface area (Å²) in [6.45, 7) is 0. The molecule has 2 rings (SSSR count). The summed E-state index contributed by atoms with van der Waals surface area (Å²) in [7, 11) is 0. The molecule has 0 unspecified atom stereocenters. The van der Waals surface area contributed by atoms with Crippen molar-refractivity contribution in [2.75, 3.05) is 0 Å². The van der Waals surface area contributed by atoms with Crippen LogP contribution in [-0.2, 0) is 11.2 Å². The molecule has 0 fully saturated rings. The molecule has 2 aromatic carbocycles. The van der Waals surface area contributed by atoms with Gasteiger partial charge in [0.15, 0.2) is 0 Å². The number of carbonyl (C=O) groups excluding carboxylic acids is 1. The molecule has 24 heavy (non-hydrogen) atoms. The molecule has 8 heteroatoms. The highest BCUT2D eigenvalue weighted by Crippen LogP contribution is 2.14. The molecule has 0 heterocycles. The van der Waals surface area contributed by atoms with Gasteiger partial charge in [0, 0.05) is 29.1 Å². The molecule has 7 nitrogen and oxygen atoms in total. The van der Waals surface area contributed by atoms with E-state index in [1.807, 2.05) is 0 Å². The third-order valence-corrected chi connectivity index (χ3v) is 3.55. The molecular formula is C16H13ClN2O5. The summed E-state index contributed by atoms with van der Waals surface area (Å²) >= 11 is 5.74. The predicted octanol–water partition coefficient (Wildman–Crippen LogP) is 2.67. The lowest BCUT2D eigenvalue weighted by atomic mass is 10.0. The quantitative estimate of drug-likeness (QED) is 0.616. The summed E-state index contributed by atoms with van der Waals surface area (Å²) in [5.74, 6) is -1.74. The number of carbonyl (C=O) groups is 2. The number of hydrogen-bond acceptors (Lipinski definition) is 4. The van der Waals surface area contributed by atoms with Crippen LogP contribution in [0.15, 0.2) is 48.5 Å². The van der Waals surface area contributed by atoms with Crippen molar-refractivity contribution in [1.82, 2.24) is 5.32 Å². The maximum absolute atomic E-state index is 12.1. The van der Waals surface area contributed by atoms with Gasteiger partial charge in [0.25, 0.3) is 11.6 Å². The van der Waals surface area contributed by atoms with Crippen molar-refractivity contribution in [3.8, 4) is 0 Å². The van der Waals surface area contributed by atoms with Gasteiger partial charge in [-0.15, -0.1) is 0 Å². The van der Waals surface area contributed by atoms with Gasteiger partial charge < -0.3 is 10.4 Å². The molecule has 0 aliphatic rings. The number of nitrogens with one attached hydrogen (secondary N) is 1. The van der Waals surface area contributed by atoms with Crippen LogP contribution in [0.4, 0.5) is 5.69 Å². The maximum Gasteiger partial charge on any atom is 0.326 e. The second-order valence-electron chi connectivity index (χ2n) is 5.00. The fourth-order valence-corrected chi connectivity index (χ4v) is 2.16. The molecule has 0 saturated carbocycles. The van der Waals surface area contributed by atoms with Crippen LogP contribution in [0.2, 0.25) is 5.02 Å². The lowest BCUT2D eigenvalue weighted by Crippen LogP contribution is -2.42. The molecule has 0 saturated heterocycles. The number of non-ortho nitro benzene ring substituents is 1. The first-order valence-corrected chi connectivity index (χ1v) is 7.27. The van der Waals surface area contributed by atoms with Crippen LogP contribution >= 0.6 is 11.6 Å². The Morgan fingerprint density at radius 1 is 1.12 bits per heavy atom. The highest BCUT2D eigenvalue weighted by Gasteiger charge is 2.21. The normalized spacial score (nSPS) is 11.5. The van der Waals surface area contributed by atoms with E-state index in [1.54, 1.807) is 0 Å². The summed E-state index contributed by atoms with van der Waals surface area (Å²) in [6, 6.07) is 10.4. The molecule has 0 aliphatic carbocycles. The zero-order chi connectivity index (χ0) is 17.7. The van der Waals surface area contributed by atoms with E-state index >= 15 is 0 Å². The Kier molecular flexibility index (Phi) is 5.49. The van der Waals surface area contributed by atoms with Crippen LogP contribution < -0.4 is 5.32 Å². The van der Waals surface area contributed by atoms with E-state index < -0.39 is 22.8 Å². The van der Waals surface area contributed by atoms with Gasteiger partial charge in [-0.1, -0.05) is 23.7 Å². The molecule has 2 aromatic rings. The number of aliphatic carboxylic acids is 1. The second kappa shape index (κ2) is 7.56. The lowest BCUT2D eigenvalue weighted by molar-refractivity contribution is -0.384. The van der Waals surface area contributed by atoms with Gasteiger partial charge in [-0.2, -0.15) is 0 Å². The van der Waals surface area contributed by atoms with Gasteiger partial charge >= 0.3 is 5.97 Å². The molecule has 0 bridgehead atoms. The minimum Gasteiger partial charge on any atom is -0.480 e. The first-order chi connectivity index (χ1) is 11.4. The number of amides is 1. The first-order valence-electron chi connectivity index (χ1n) is 6.89. The fraction of sp³-hybridized carbons (Fsp3) is 0.125. The Balaban J connectivity index is 2.09. The predicted molar refractivity (Wildman–Crippen MR) is 87.1 cm³/mol. The van der Waals surface area contributed by atoms with E-state index in [9.17, 15) is 24.8 Å². The fourth-order valence-electron chi connectivity index (χ4n) is 2.03. The van der Waals surface area contributed by atoms with Crippen molar-refractivity contribution < 1.29 is 19.6 Å². The molecule has 1 amide bonds. The third kappa shape index (κ3) is 4.53. The van der Waals surface area contributed by atoms with Crippen molar-refractivity contribution in [3.63, 3.8) is 0 Å². The summed E-state index contributed by atoms with van der Waals surface area (Å²) in [6.07, 6.45) is 0.00660. The van der Waals surface area contributed by atoms with Gasteiger partial charge in [0.2, 0.25) is 0 Å². The number of hydrogen-bond donors (Lipinski definition) is 2. The van der Waals surface area contributed by atoms with E-state index in [4.69, 9.17) is 11.6 Å². The highest BCUT2D eigenvalue weighted by molar-refractivity contribution is 6.30. The average Bonchev–Trinajstić information content (AvgIpc) is 2.55. The van der Waals surface area contributed by atoms with Crippen LogP contribution in [-0.4, -0.2) is 27.9 Å². The number of rotatable bonds is 6. The maximum atomic E-state index is 12.1.